The predicted molar refractivity (Wildman–Crippen MR) is 225 cm³/mol. The van der Waals surface area contributed by atoms with Gasteiger partial charge in [-0.05, 0) is 58.5 Å². The largest absolute Gasteiger partial charge is 0.508 e. The first kappa shape index (κ1) is 52.2. The Bertz CT molecular complexity index is 824. The fourth-order valence-corrected chi connectivity index (χ4v) is 7.04. The maximum Gasteiger partial charge on any atom is 0.508 e. The molecule has 1 atom stereocenters. The second kappa shape index (κ2) is 40.8. The Hall–Kier alpha value is -1.83. The van der Waals surface area contributed by atoms with E-state index in [0.717, 1.165) is 89.5 Å². The van der Waals surface area contributed by atoms with Gasteiger partial charge in [0.1, 0.15) is 6.10 Å². The smallest absolute Gasteiger partial charge is 0.466 e. The van der Waals surface area contributed by atoms with Crippen LogP contribution in [0.2, 0.25) is 0 Å². The van der Waals surface area contributed by atoms with Crippen molar-refractivity contribution in [3.8, 4) is 0 Å². The highest BCUT2D eigenvalue weighted by atomic mass is 16.7. The van der Waals surface area contributed by atoms with E-state index in [9.17, 15) is 14.4 Å². The zero-order chi connectivity index (χ0) is 39.7. The first-order valence-corrected chi connectivity index (χ1v) is 23.1. The van der Waals surface area contributed by atoms with E-state index in [2.05, 4.69) is 25.7 Å². The Morgan fingerprint density at radius 3 is 1.37 bits per heavy atom. The standard InChI is InChI=1S/C46H89NO7/c1-6-9-12-19-27-35-44(48)51-39-29-21-18-16-15-17-20-26-34-43(54-46(50)53-40-30-38-47(4)5)37-41-52-45(49)36-28-22-25-33-42(31-23-13-10-7-2)32-24-14-11-8-3/h42-43H,6-41H2,1-5H3. The normalized spacial score (nSPS) is 12.0. The van der Waals surface area contributed by atoms with Crippen LogP contribution in [-0.2, 0) is 28.5 Å². The average Bonchev–Trinajstić information content (AvgIpc) is 3.15. The molecule has 0 N–H and O–H groups in total. The van der Waals surface area contributed by atoms with Crippen LogP contribution in [0.1, 0.15) is 226 Å². The van der Waals surface area contributed by atoms with Crippen LogP contribution in [0.25, 0.3) is 0 Å². The first-order valence-electron chi connectivity index (χ1n) is 23.1. The van der Waals surface area contributed by atoms with Crippen molar-refractivity contribution >= 4 is 18.1 Å². The quantitative estimate of drug-likeness (QED) is 0.0345. The summed E-state index contributed by atoms with van der Waals surface area (Å²) in [5.41, 5.74) is 0. The van der Waals surface area contributed by atoms with Gasteiger partial charge in [-0.1, -0.05) is 168 Å². The van der Waals surface area contributed by atoms with Gasteiger partial charge < -0.3 is 23.8 Å². The Balaban J connectivity index is 4.32. The van der Waals surface area contributed by atoms with E-state index in [4.69, 9.17) is 18.9 Å². The molecular weight excluding hydrogens is 679 g/mol. The van der Waals surface area contributed by atoms with Gasteiger partial charge in [-0.25, -0.2) is 4.79 Å². The van der Waals surface area contributed by atoms with E-state index in [0.29, 0.717) is 32.5 Å². The van der Waals surface area contributed by atoms with Gasteiger partial charge in [-0.15, -0.1) is 0 Å². The summed E-state index contributed by atoms with van der Waals surface area (Å²) in [5.74, 6) is 0.646. The van der Waals surface area contributed by atoms with Crippen LogP contribution in [0.3, 0.4) is 0 Å². The molecule has 0 aliphatic rings. The number of carbonyl (C=O) groups is 3. The molecule has 0 radical (unpaired) electrons. The minimum atomic E-state index is -0.628. The summed E-state index contributed by atoms with van der Waals surface area (Å²) in [5, 5.41) is 0. The fourth-order valence-electron chi connectivity index (χ4n) is 7.04. The number of rotatable bonds is 41. The molecule has 0 aromatic rings. The molecule has 0 aliphatic heterocycles. The van der Waals surface area contributed by atoms with E-state index in [1.165, 1.54) is 109 Å². The molecule has 0 saturated carbocycles. The van der Waals surface area contributed by atoms with Crippen molar-refractivity contribution in [2.45, 2.75) is 232 Å². The molecule has 0 amide bonds. The summed E-state index contributed by atoms with van der Waals surface area (Å²) in [7, 11) is 3.99. The first-order chi connectivity index (χ1) is 26.3. The van der Waals surface area contributed by atoms with Gasteiger partial charge in [0.25, 0.3) is 0 Å². The van der Waals surface area contributed by atoms with Gasteiger partial charge in [0.2, 0.25) is 0 Å². The molecule has 0 fully saturated rings. The topological polar surface area (TPSA) is 91.4 Å². The monoisotopic (exact) mass is 768 g/mol. The molecule has 0 aromatic heterocycles. The van der Waals surface area contributed by atoms with Crippen molar-refractivity contribution < 1.29 is 33.3 Å². The van der Waals surface area contributed by atoms with Crippen LogP contribution in [0.5, 0.6) is 0 Å². The fraction of sp³-hybridized carbons (Fsp3) is 0.935. The molecule has 320 valence electrons. The zero-order valence-corrected chi connectivity index (χ0v) is 36.4. The summed E-state index contributed by atoms with van der Waals surface area (Å²) >= 11 is 0. The van der Waals surface area contributed by atoms with Crippen molar-refractivity contribution in [3.05, 3.63) is 0 Å². The van der Waals surface area contributed by atoms with E-state index in [1.807, 2.05) is 14.1 Å². The molecule has 1 unspecified atom stereocenters. The van der Waals surface area contributed by atoms with Crippen molar-refractivity contribution in [3.63, 3.8) is 0 Å². The summed E-state index contributed by atoms with van der Waals surface area (Å²) in [6.45, 7) is 8.74. The third-order valence-corrected chi connectivity index (χ3v) is 10.5. The van der Waals surface area contributed by atoms with Gasteiger partial charge in [0.05, 0.1) is 19.8 Å². The molecule has 8 nitrogen and oxygen atoms in total. The second-order valence-electron chi connectivity index (χ2n) is 16.2. The van der Waals surface area contributed by atoms with Crippen molar-refractivity contribution in [2.75, 3.05) is 40.5 Å². The van der Waals surface area contributed by atoms with Gasteiger partial charge in [0.15, 0.2) is 0 Å². The zero-order valence-electron chi connectivity index (χ0n) is 36.4. The van der Waals surface area contributed by atoms with Crippen molar-refractivity contribution in [2.24, 2.45) is 5.92 Å². The van der Waals surface area contributed by atoms with E-state index < -0.39 is 6.16 Å². The van der Waals surface area contributed by atoms with Crippen LogP contribution < -0.4 is 0 Å². The van der Waals surface area contributed by atoms with E-state index in [-0.39, 0.29) is 24.6 Å². The third-order valence-electron chi connectivity index (χ3n) is 10.5. The molecular formula is C46H89NO7. The SMILES string of the molecule is CCCCCCCC(=O)OCCCCCCCCCCC(CCOC(=O)CCCCCC(CCCCCC)CCCCCC)OC(=O)OCCCN(C)C. The minimum absolute atomic E-state index is 0.0462. The lowest BCUT2D eigenvalue weighted by molar-refractivity contribution is -0.145. The van der Waals surface area contributed by atoms with Crippen LogP contribution in [0.4, 0.5) is 4.79 Å². The van der Waals surface area contributed by atoms with Crippen LogP contribution >= 0.6 is 0 Å². The number of nitrogens with zero attached hydrogens (tertiary/aromatic N) is 1. The maximum atomic E-state index is 12.5. The van der Waals surface area contributed by atoms with Gasteiger partial charge >= 0.3 is 18.1 Å². The third kappa shape index (κ3) is 38.4. The molecule has 0 aromatic carbocycles. The van der Waals surface area contributed by atoms with E-state index >= 15 is 0 Å². The molecule has 0 heterocycles. The Morgan fingerprint density at radius 1 is 0.426 bits per heavy atom. The lowest BCUT2D eigenvalue weighted by Gasteiger charge is -2.18. The number of unbranched alkanes of at least 4 members (excludes halogenated alkanes) is 19. The summed E-state index contributed by atoms with van der Waals surface area (Å²) < 4.78 is 22.0. The van der Waals surface area contributed by atoms with Crippen LogP contribution in [0.15, 0.2) is 0 Å². The summed E-state index contributed by atoms with van der Waals surface area (Å²) in [6, 6.07) is 0. The highest BCUT2D eigenvalue weighted by Crippen LogP contribution is 2.24. The Morgan fingerprint density at radius 2 is 0.833 bits per heavy atom. The van der Waals surface area contributed by atoms with Crippen LogP contribution in [-0.4, -0.2) is 69.6 Å². The number of hydrogen-bond acceptors (Lipinski definition) is 8. The highest BCUT2D eigenvalue weighted by Gasteiger charge is 2.17. The summed E-state index contributed by atoms with van der Waals surface area (Å²) in [4.78, 5) is 38.9. The van der Waals surface area contributed by atoms with Crippen molar-refractivity contribution in [1.82, 2.24) is 4.90 Å². The van der Waals surface area contributed by atoms with Gasteiger partial charge in [-0.3, -0.25) is 9.59 Å². The minimum Gasteiger partial charge on any atom is -0.466 e. The molecule has 0 saturated heterocycles. The number of esters is 2. The molecule has 8 heteroatoms. The lowest BCUT2D eigenvalue weighted by Crippen LogP contribution is -2.23. The highest BCUT2D eigenvalue weighted by molar-refractivity contribution is 5.69. The van der Waals surface area contributed by atoms with E-state index in [1.54, 1.807) is 0 Å². The average molecular weight is 768 g/mol. The van der Waals surface area contributed by atoms with Gasteiger partial charge in [0, 0.05) is 25.8 Å². The molecule has 0 rings (SSSR count). The number of carbonyl (C=O) groups excluding carboxylic acids is 3. The Labute approximate surface area is 334 Å². The second-order valence-corrected chi connectivity index (χ2v) is 16.2. The van der Waals surface area contributed by atoms with Gasteiger partial charge in [-0.2, -0.15) is 0 Å². The molecule has 54 heavy (non-hydrogen) atoms. The summed E-state index contributed by atoms with van der Waals surface area (Å²) in [6.07, 6.45) is 34.4. The maximum absolute atomic E-state index is 12.5. The molecule has 0 spiro atoms. The Kier molecular flexibility index (Phi) is 39.4. The van der Waals surface area contributed by atoms with Crippen LogP contribution in [0, 0.1) is 5.92 Å². The number of hydrogen-bond donors (Lipinski definition) is 0. The predicted octanol–water partition coefficient (Wildman–Crippen LogP) is 13.3. The van der Waals surface area contributed by atoms with Crippen molar-refractivity contribution in [1.29, 1.82) is 0 Å². The molecule has 0 bridgehead atoms. The number of ether oxygens (including phenoxy) is 4. The lowest BCUT2D eigenvalue weighted by atomic mass is 9.89. The molecule has 0 aliphatic carbocycles.